The topological polar surface area (TPSA) is 76.1 Å². The highest BCUT2D eigenvalue weighted by molar-refractivity contribution is 7.90. The summed E-state index contributed by atoms with van der Waals surface area (Å²) in [5.74, 6) is 1.34. The molecule has 3 aromatic carbocycles. The minimum Gasteiger partial charge on any atom is -0.506 e. The van der Waals surface area contributed by atoms with Crippen molar-refractivity contribution in [3.8, 4) is 17.2 Å². The molecule has 2 fully saturated rings. The van der Waals surface area contributed by atoms with Crippen molar-refractivity contribution in [1.29, 1.82) is 0 Å². The minimum atomic E-state index is -3.40. The minimum absolute atomic E-state index is 0.0370. The number of sulfone groups is 1. The number of aromatic hydroxyl groups is 1. The van der Waals surface area contributed by atoms with Gasteiger partial charge in [-0.1, -0.05) is 35.9 Å². The Balaban J connectivity index is 1.33. The molecule has 0 saturated carbocycles. The van der Waals surface area contributed by atoms with Crippen LogP contribution < -0.4 is 9.47 Å². The quantitative estimate of drug-likeness (QED) is 0.367. The van der Waals surface area contributed by atoms with E-state index in [1.807, 2.05) is 37.3 Å². The van der Waals surface area contributed by atoms with Crippen molar-refractivity contribution in [3.05, 3.63) is 82.4 Å². The molecule has 3 aromatic rings. The molecule has 1 N–H and O–H groups in total. The molecule has 1 unspecified atom stereocenters. The molecule has 0 amide bonds. The van der Waals surface area contributed by atoms with Gasteiger partial charge in [-0.05, 0) is 86.2 Å². The number of ether oxygens (including phenoxy) is 2. The maximum atomic E-state index is 12.3. The number of hydrogen-bond acceptors (Lipinski definition) is 6. The summed E-state index contributed by atoms with van der Waals surface area (Å²) in [6, 6.07) is 19.2. The predicted molar refractivity (Wildman–Crippen MR) is 153 cm³/mol. The fraction of sp³-hybridized carbons (Fsp3) is 0.355. The fourth-order valence-corrected chi connectivity index (χ4v) is 7.09. The van der Waals surface area contributed by atoms with Gasteiger partial charge in [-0.15, -0.1) is 0 Å². The third-order valence-corrected chi connectivity index (χ3v) is 9.70. The van der Waals surface area contributed by atoms with E-state index in [0.29, 0.717) is 24.0 Å². The molecule has 0 aliphatic carbocycles. The zero-order valence-electron chi connectivity index (χ0n) is 22.1. The van der Waals surface area contributed by atoms with E-state index < -0.39 is 15.9 Å². The van der Waals surface area contributed by atoms with Crippen LogP contribution in [0.2, 0.25) is 5.02 Å². The van der Waals surface area contributed by atoms with Gasteiger partial charge in [-0.25, -0.2) is 8.42 Å². The second-order valence-corrected chi connectivity index (χ2v) is 13.2. The van der Waals surface area contributed by atoms with E-state index in [0.717, 1.165) is 34.1 Å². The summed E-state index contributed by atoms with van der Waals surface area (Å²) in [6.07, 6.45) is 5.74. The van der Waals surface area contributed by atoms with E-state index >= 15 is 0 Å². The first-order chi connectivity index (χ1) is 18.7. The van der Waals surface area contributed by atoms with Gasteiger partial charge in [-0.3, -0.25) is 4.90 Å². The summed E-state index contributed by atoms with van der Waals surface area (Å²) >= 11 is 6.22. The third kappa shape index (κ3) is 5.04. The van der Waals surface area contributed by atoms with E-state index in [1.54, 1.807) is 30.3 Å². The Kier molecular flexibility index (Phi) is 6.86. The van der Waals surface area contributed by atoms with Crippen molar-refractivity contribution in [2.24, 2.45) is 0 Å². The van der Waals surface area contributed by atoms with Gasteiger partial charge in [0.2, 0.25) is 0 Å². The second kappa shape index (κ2) is 10.2. The van der Waals surface area contributed by atoms with E-state index in [2.05, 4.69) is 4.90 Å². The van der Waals surface area contributed by atoms with Crippen LogP contribution in [0, 0.1) is 0 Å². The molecule has 2 saturated heterocycles. The Hall–Kier alpha value is -3.00. The number of nitrogens with zero attached hydrogens (tertiary/aromatic N) is 1. The molecule has 6 rings (SSSR count). The summed E-state index contributed by atoms with van der Waals surface area (Å²) in [4.78, 5) is 2.84. The highest BCUT2D eigenvalue weighted by Gasteiger charge is 2.36. The number of rotatable bonds is 6. The predicted octanol–water partition coefficient (Wildman–Crippen LogP) is 6.52. The van der Waals surface area contributed by atoms with Crippen LogP contribution in [0.25, 0.3) is 11.1 Å². The lowest BCUT2D eigenvalue weighted by atomic mass is 9.86. The normalized spacial score (nSPS) is 22.9. The molecular weight excluding hydrogens is 534 g/mol. The summed E-state index contributed by atoms with van der Waals surface area (Å²) in [5, 5.41) is 10.5. The van der Waals surface area contributed by atoms with Crippen molar-refractivity contribution in [3.63, 3.8) is 0 Å². The standard InChI is InChI=1S/C31H32ClNO5S/c1-19-26-16-28(34)27(32)17-29(26)38-31(30(19)21-5-3-7-25(15-21)39(2,35)36)20-8-12-24(13-9-20)37-18-23-11-10-22-6-4-14-33(22)23/h3,5,7-9,12-13,15-17,22-23,31,34H,4,6,10-11,14,18H2,1-2H3/t22-,23-,31?/m0/s1. The van der Waals surface area contributed by atoms with E-state index in [9.17, 15) is 13.5 Å². The molecule has 0 aromatic heterocycles. The lowest BCUT2D eigenvalue weighted by Crippen LogP contribution is -2.35. The average molecular weight is 566 g/mol. The van der Waals surface area contributed by atoms with Crippen molar-refractivity contribution in [1.82, 2.24) is 4.90 Å². The van der Waals surface area contributed by atoms with E-state index in [1.165, 1.54) is 38.5 Å². The molecule has 0 bridgehead atoms. The Morgan fingerprint density at radius 3 is 2.64 bits per heavy atom. The molecule has 204 valence electrons. The van der Waals surface area contributed by atoms with Gasteiger partial charge in [0.15, 0.2) is 9.84 Å². The summed E-state index contributed by atoms with van der Waals surface area (Å²) in [6.45, 7) is 3.82. The molecule has 0 spiro atoms. The SMILES string of the molecule is CC1=C(c2cccc(S(C)(=O)=O)c2)C(c2ccc(OC[C@@H]3CC[C@@H]4CCCN43)cc2)Oc2cc(Cl)c(O)cc21. The monoisotopic (exact) mass is 565 g/mol. The lowest BCUT2D eigenvalue weighted by molar-refractivity contribution is 0.169. The maximum Gasteiger partial charge on any atom is 0.175 e. The Morgan fingerprint density at radius 2 is 1.87 bits per heavy atom. The fourth-order valence-electron chi connectivity index (χ4n) is 6.27. The second-order valence-electron chi connectivity index (χ2n) is 10.8. The first kappa shape index (κ1) is 26.2. The van der Waals surface area contributed by atoms with Gasteiger partial charge in [0.1, 0.15) is 30.0 Å². The summed E-state index contributed by atoms with van der Waals surface area (Å²) in [5.41, 5.74) is 4.05. The smallest absolute Gasteiger partial charge is 0.175 e. The van der Waals surface area contributed by atoms with Crippen molar-refractivity contribution in [2.75, 3.05) is 19.4 Å². The van der Waals surface area contributed by atoms with Crippen LogP contribution in [0.15, 0.2) is 65.6 Å². The first-order valence-electron chi connectivity index (χ1n) is 13.4. The van der Waals surface area contributed by atoms with Crippen molar-refractivity contribution in [2.45, 2.75) is 55.7 Å². The summed E-state index contributed by atoms with van der Waals surface area (Å²) < 4.78 is 37.3. The van der Waals surface area contributed by atoms with Gasteiger partial charge in [-0.2, -0.15) is 0 Å². The van der Waals surface area contributed by atoms with Crippen LogP contribution in [-0.4, -0.2) is 49.9 Å². The maximum absolute atomic E-state index is 12.3. The Labute approximate surface area is 234 Å². The number of phenolic OH excluding ortho intramolecular Hbond substituents is 1. The van der Waals surface area contributed by atoms with Gasteiger partial charge in [0.25, 0.3) is 0 Å². The van der Waals surface area contributed by atoms with Crippen LogP contribution in [0.1, 0.15) is 55.4 Å². The molecule has 3 aliphatic heterocycles. The largest absolute Gasteiger partial charge is 0.506 e. The van der Waals surface area contributed by atoms with Crippen LogP contribution in [0.4, 0.5) is 0 Å². The molecular formula is C31H32ClNO5S. The van der Waals surface area contributed by atoms with Gasteiger partial charge in [0.05, 0.1) is 9.92 Å². The molecule has 8 heteroatoms. The third-order valence-electron chi connectivity index (χ3n) is 8.29. The molecule has 6 nitrogen and oxygen atoms in total. The number of halogens is 1. The zero-order valence-corrected chi connectivity index (χ0v) is 23.6. The van der Waals surface area contributed by atoms with Crippen LogP contribution in [-0.2, 0) is 9.84 Å². The van der Waals surface area contributed by atoms with E-state index in [-0.39, 0.29) is 15.7 Å². The molecule has 3 atom stereocenters. The van der Waals surface area contributed by atoms with Crippen molar-refractivity contribution >= 4 is 32.6 Å². The van der Waals surface area contributed by atoms with Crippen molar-refractivity contribution < 1.29 is 23.0 Å². The highest BCUT2D eigenvalue weighted by Crippen LogP contribution is 2.49. The number of hydrogen-bond donors (Lipinski definition) is 1. The number of allylic oxidation sites excluding steroid dienone is 1. The van der Waals surface area contributed by atoms with Crippen LogP contribution in [0.3, 0.4) is 0 Å². The zero-order chi connectivity index (χ0) is 27.3. The first-order valence-corrected chi connectivity index (χ1v) is 15.7. The molecule has 3 aliphatic rings. The molecule has 39 heavy (non-hydrogen) atoms. The number of fused-ring (bicyclic) bond motifs is 2. The van der Waals surface area contributed by atoms with Gasteiger partial charge < -0.3 is 14.6 Å². The van der Waals surface area contributed by atoms with Crippen LogP contribution in [0.5, 0.6) is 17.2 Å². The lowest BCUT2D eigenvalue weighted by Gasteiger charge is -2.31. The summed E-state index contributed by atoms with van der Waals surface area (Å²) in [7, 11) is -3.40. The van der Waals surface area contributed by atoms with Gasteiger partial charge in [0, 0.05) is 35.5 Å². The Bertz CT molecular complexity index is 1550. The molecule has 0 radical (unpaired) electrons. The number of phenols is 1. The average Bonchev–Trinajstić information content (AvgIpc) is 3.53. The van der Waals surface area contributed by atoms with Crippen LogP contribution >= 0.6 is 11.6 Å². The highest BCUT2D eigenvalue weighted by atomic mass is 35.5. The Morgan fingerprint density at radius 1 is 1.08 bits per heavy atom. The molecule has 3 heterocycles. The van der Waals surface area contributed by atoms with E-state index in [4.69, 9.17) is 21.1 Å². The van der Waals surface area contributed by atoms with Gasteiger partial charge >= 0.3 is 0 Å². The number of benzene rings is 3.